The van der Waals surface area contributed by atoms with Gasteiger partial charge in [0.2, 0.25) is 5.89 Å². The maximum Gasteiger partial charge on any atom is 0.419 e. The average molecular weight is 302 g/mol. The van der Waals surface area contributed by atoms with Crippen LogP contribution in [-0.2, 0) is 12.7 Å². The summed E-state index contributed by atoms with van der Waals surface area (Å²) < 4.78 is 57.2. The molecule has 1 aromatic heterocycles. The number of rotatable bonds is 4. The Balaban J connectivity index is 2.31. The first kappa shape index (κ1) is 15.5. The van der Waals surface area contributed by atoms with E-state index < -0.39 is 17.6 Å². The number of halogens is 4. The molecular weight excluding hydrogens is 288 g/mol. The molecule has 1 N–H and O–H groups in total. The highest BCUT2D eigenvalue weighted by Gasteiger charge is 2.35. The molecule has 0 saturated heterocycles. The van der Waals surface area contributed by atoms with Crippen LogP contribution < -0.4 is 5.32 Å². The van der Waals surface area contributed by atoms with Crippen molar-refractivity contribution in [3.8, 4) is 11.3 Å². The second-order valence-corrected chi connectivity index (χ2v) is 4.82. The van der Waals surface area contributed by atoms with Crippen molar-refractivity contribution in [2.24, 2.45) is 0 Å². The number of oxazole rings is 1. The first-order chi connectivity index (χ1) is 9.79. The quantitative estimate of drug-likeness (QED) is 0.868. The maximum atomic E-state index is 14.0. The standard InChI is InChI=1S/C14H14F4N2O/c1-8(2)19-7-12-20-6-11(21-12)9-4-3-5-10(13(9)15)14(16,17)18/h3-6,8,19H,7H2,1-2H3. The van der Waals surface area contributed by atoms with Crippen molar-refractivity contribution in [3.63, 3.8) is 0 Å². The summed E-state index contributed by atoms with van der Waals surface area (Å²) in [6.45, 7) is 4.17. The highest BCUT2D eigenvalue weighted by atomic mass is 19.4. The van der Waals surface area contributed by atoms with Crippen LogP contribution in [0.25, 0.3) is 11.3 Å². The molecule has 0 unspecified atom stereocenters. The zero-order valence-electron chi connectivity index (χ0n) is 11.5. The van der Waals surface area contributed by atoms with Crippen LogP contribution in [0.4, 0.5) is 17.6 Å². The van der Waals surface area contributed by atoms with Gasteiger partial charge in [-0.2, -0.15) is 13.2 Å². The van der Waals surface area contributed by atoms with Crippen LogP contribution in [0.3, 0.4) is 0 Å². The van der Waals surface area contributed by atoms with Crippen LogP contribution in [-0.4, -0.2) is 11.0 Å². The number of nitrogens with zero attached hydrogens (tertiary/aromatic N) is 1. The Bertz CT molecular complexity index is 620. The molecule has 7 heteroatoms. The summed E-state index contributed by atoms with van der Waals surface area (Å²) in [5.74, 6) is -1.10. The lowest BCUT2D eigenvalue weighted by molar-refractivity contribution is -0.139. The lowest BCUT2D eigenvalue weighted by atomic mass is 10.1. The number of aromatic nitrogens is 1. The lowest BCUT2D eigenvalue weighted by Gasteiger charge is -2.09. The Hall–Kier alpha value is -1.89. The molecular formula is C14H14F4N2O. The van der Waals surface area contributed by atoms with E-state index >= 15 is 0 Å². The lowest BCUT2D eigenvalue weighted by Crippen LogP contribution is -2.21. The minimum absolute atomic E-state index is 0.0286. The number of nitrogens with one attached hydrogen (secondary N) is 1. The van der Waals surface area contributed by atoms with Gasteiger partial charge in [-0.3, -0.25) is 0 Å². The van der Waals surface area contributed by atoms with Gasteiger partial charge in [0, 0.05) is 6.04 Å². The smallest absolute Gasteiger partial charge is 0.419 e. The minimum Gasteiger partial charge on any atom is -0.439 e. The zero-order chi connectivity index (χ0) is 15.6. The third-order valence-corrected chi connectivity index (χ3v) is 2.78. The molecule has 0 spiro atoms. The van der Waals surface area contributed by atoms with Crippen LogP contribution >= 0.6 is 0 Å². The zero-order valence-corrected chi connectivity index (χ0v) is 11.5. The molecule has 2 rings (SSSR count). The predicted molar refractivity (Wildman–Crippen MR) is 68.9 cm³/mol. The van der Waals surface area contributed by atoms with E-state index in [-0.39, 0.29) is 23.3 Å². The molecule has 0 aliphatic carbocycles. The van der Waals surface area contributed by atoms with Crippen molar-refractivity contribution in [1.82, 2.24) is 10.3 Å². The molecule has 21 heavy (non-hydrogen) atoms. The number of alkyl halides is 3. The Morgan fingerprint density at radius 1 is 1.29 bits per heavy atom. The minimum atomic E-state index is -4.75. The van der Waals surface area contributed by atoms with Crippen LogP contribution in [0.2, 0.25) is 0 Å². The van der Waals surface area contributed by atoms with E-state index in [1.54, 1.807) is 0 Å². The van der Waals surface area contributed by atoms with Crippen molar-refractivity contribution < 1.29 is 22.0 Å². The third kappa shape index (κ3) is 3.60. The first-order valence-corrected chi connectivity index (χ1v) is 6.33. The van der Waals surface area contributed by atoms with Crippen LogP contribution in [0, 0.1) is 5.82 Å². The van der Waals surface area contributed by atoms with Gasteiger partial charge in [0.05, 0.1) is 23.9 Å². The molecule has 0 aliphatic rings. The monoisotopic (exact) mass is 302 g/mol. The van der Waals surface area contributed by atoms with E-state index in [0.717, 1.165) is 6.07 Å². The number of benzene rings is 1. The van der Waals surface area contributed by atoms with Gasteiger partial charge < -0.3 is 9.73 Å². The second kappa shape index (κ2) is 5.85. The van der Waals surface area contributed by atoms with Gasteiger partial charge in [0.1, 0.15) is 5.82 Å². The Morgan fingerprint density at radius 3 is 2.62 bits per heavy atom. The summed E-state index contributed by atoms with van der Waals surface area (Å²) in [5.41, 5.74) is -1.58. The summed E-state index contributed by atoms with van der Waals surface area (Å²) in [4.78, 5) is 3.92. The first-order valence-electron chi connectivity index (χ1n) is 6.33. The molecule has 0 amide bonds. The summed E-state index contributed by atoms with van der Waals surface area (Å²) in [5, 5.41) is 3.05. The topological polar surface area (TPSA) is 38.1 Å². The third-order valence-electron chi connectivity index (χ3n) is 2.78. The SMILES string of the molecule is CC(C)NCc1ncc(-c2cccc(C(F)(F)F)c2F)o1. The molecule has 0 bridgehead atoms. The molecule has 0 radical (unpaired) electrons. The van der Waals surface area contributed by atoms with E-state index in [0.29, 0.717) is 12.6 Å². The molecule has 0 fully saturated rings. The van der Waals surface area contributed by atoms with Crippen LogP contribution in [0.5, 0.6) is 0 Å². The predicted octanol–water partition coefficient (Wildman–Crippen LogP) is 4.00. The Kier molecular flexibility index (Phi) is 4.32. The highest BCUT2D eigenvalue weighted by molar-refractivity contribution is 5.59. The Labute approximate surface area is 119 Å². The van der Waals surface area contributed by atoms with Gasteiger partial charge in [-0.1, -0.05) is 19.9 Å². The summed E-state index contributed by atoms with van der Waals surface area (Å²) in [6, 6.07) is 3.25. The van der Waals surface area contributed by atoms with Gasteiger partial charge in [-0.15, -0.1) is 0 Å². The molecule has 0 saturated carbocycles. The Morgan fingerprint density at radius 2 is 2.00 bits per heavy atom. The van der Waals surface area contributed by atoms with E-state index in [9.17, 15) is 17.6 Å². The van der Waals surface area contributed by atoms with Crippen molar-refractivity contribution in [2.75, 3.05) is 0 Å². The normalized spacial score (nSPS) is 12.1. The van der Waals surface area contributed by atoms with Gasteiger partial charge in [-0.05, 0) is 12.1 Å². The summed E-state index contributed by atoms with van der Waals surface area (Å²) in [7, 11) is 0. The fraction of sp³-hybridized carbons (Fsp3) is 0.357. The molecule has 2 aromatic rings. The highest BCUT2D eigenvalue weighted by Crippen LogP contribution is 2.35. The van der Waals surface area contributed by atoms with Gasteiger partial charge in [0.15, 0.2) is 5.76 Å². The van der Waals surface area contributed by atoms with Gasteiger partial charge >= 0.3 is 6.18 Å². The van der Waals surface area contributed by atoms with E-state index in [4.69, 9.17) is 4.42 Å². The van der Waals surface area contributed by atoms with Crippen molar-refractivity contribution in [3.05, 3.63) is 41.7 Å². The van der Waals surface area contributed by atoms with Gasteiger partial charge in [0.25, 0.3) is 0 Å². The van der Waals surface area contributed by atoms with Crippen molar-refractivity contribution >= 4 is 0 Å². The van der Waals surface area contributed by atoms with E-state index in [1.165, 1.54) is 12.3 Å². The number of hydrogen-bond acceptors (Lipinski definition) is 3. The van der Waals surface area contributed by atoms with E-state index in [1.807, 2.05) is 13.8 Å². The average Bonchev–Trinajstić information content (AvgIpc) is 2.83. The molecule has 1 aromatic carbocycles. The summed E-state index contributed by atoms with van der Waals surface area (Å²) in [6.07, 6.45) is -3.53. The molecule has 1 heterocycles. The molecule has 0 atom stereocenters. The molecule has 0 aliphatic heterocycles. The van der Waals surface area contributed by atoms with Gasteiger partial charge in [-0.25, -0.2) is 9.37 Å². The summed E-state index contributed by atoms with van der Waals surface area (Å²) >= 11 is 0. The number of hydrogen-bond donors (Lipinski definition) is 1. The second-order valence-electron chi connectivity index (χ2n) is 4.82. The fourth-order valence-electron chi connectivity index (χ4n) is 1.75. The van der Waals surface area contributed by atoms with Crippen LogP contribution in [0.15, 0.2) is 28.8 Å². The molecule has 3 nitrogen and oxygen atoms in total. The van der Waals surface area contributed by atoms with Crippen molar-refractivity contribution in [2.45, 2.75) is 32.6 Å². The maximum absolute atomic E-state index is 14.0. The molecule has 114 valence electrons. The fourth-order valence-corrected chi connectivity index (χ4v) is 1.75. The van der Waals surface area contributed by atoms with Crippen molar-refractivity contribution in [1.29, 1.82) is 0 Å². The van der Waals surface area contributed by atoms with E-state index in [2.05, 4.69) is 10.3 Å². The van der Waals surface area contributed by atoms with Crippen LogP contribution in [0.1, 0.15) is 25.3 Å². The largest absolute Gasteiger partial charge is 0.439 e.